The van der Waals surface area contributed by atoms with Crippen molar-refractivity contribution in [1.82, 2.24) is 0 Å². The zero-order chi connectivity index (χ0) is 13.9. The summed E-state index contributed by atoms with van der Waals surface area (Å²) in [4.78, 5) is 14.0. The molecule has 0 amide bonds. The molecule has 0 fully saturated rings. The zero-order valence-electron chi connectivity index (χ0n) is 10.9. The van der Waals surface area contributed by atoms with Crippen molar-refractivity contribution in [1.29, 1.82) is 0 Å². The number of aryl methyl sites for hydroxylation is 1. The van der Waals surface area contributed by atoms with Crippen LogP contribution in [0.2, 0.25) is 0 Å². The molecule has 0 unspecified atom stereocenters. The van der Waals surface area contributed by atoms with Gasteiger partial charge < -0.3 is 5.11 Å². The molecule has 0 spiro atoms. The Balaban J connectivity index is 0.00000324. The van der Waals surface area contributed by atoms with E-state index in [4.69, 9.17) is 4.55 Å². The summed E-state index contributed by atoms with van der Waals surface area (Å²) < 4.78 is 31.1. The molecule has 0 saturated carbocycles. The predicted molar refractivity (Wildman–Crippen MR) is 63.4 cm³/mol. The third kappa shape index (κ3) is 5.84. The molecule has 8 heteroatoms. The van der Waals surface area contributed by atoms with Crippen LogP contribution in [0.5, 0.6) is 0 Å². The van der Waals surface area contributed by atoms with Crippen molar-refractivity contribution in [2.45, 2.75) is 25.2 Å². The Bertz CT molecular complexity index is 610. The summed E-state index contributed by atoms with van der Waals surface area (Å²) in [5, 5.41) is 11.3. The normalized spacial score (nSPS) is 11.8. The van der Waals surface area contributed by atoms with Crippen molar-refractivity contribution >= 4 is 27.5 Å². The van der Waals surface area contributed by atoms with Crippen molar-refractivity contribution in [2.75, 3.05) is 0 Å². The van der Waals surface area contributed by atoms with Crippen molar-refractivity contribution in [3.8, 4) is 0 Å². The Kier molecular flexibility index (Phi) is 6.88. The number of aliphatic imine (C=N–C) groups is 1. The van der Waals surface area contributed by atoms with Gasteiger partial charge in [0.15, 0.2) is 0 Å². The van der Waals surface area contributed by atoms with Crippen molar-refractivity contribution < 1.29 is 52.4 Å². The van der Waals surface area contributed by atoms with Crippen LogP contribution in [0.4, 0.5) is 5.69 Å². The van der Waals surface area contributed by atoms with Gasteiger partial charge in [-0.1, -0.05) is 6.07 Å². The second-order valence-corrected chi connectivity index (χ2v) is 5.20. The largest absolute Gasteiger partial charge is 1.00 e. The van der Waals surface area contributed by atoms with Crippen LogP contribution >= 0.6 is 0 Å². The quantitative estimate of drug-likeness (QED) is 0.289. The molecule has 1 rings (SSSR count). The maximum absolute atomic E-state index is 11.3. The minimum absolute atomic E-state index is 0. The Morgan fingerprint density at radius 3 is 2.47 bits per heavy atom. The summed E-state index contributed by atoms with van der Waals surface area (Å²) in [7, 11) is -4.35. The molecule has 0 bridgehead atoms. The molecule has 0 atom stereocenters. The first kappa shape index (κ1) is 18.3. The summed E-state index contributed by atoms with van der Waals surface area (Å²) in [5.41, 5.74) is 0.426. The molecule has 0 aliphatic carbocycles. The Morgan fingerprint density at radius 1 is 1.42 bits per heavy atom. The average molecular weight is 293 g/mol. The van der Waals surface area contributed by atoms with E-state index in [-0.39, 0.29) is 52.3 Å². The van der Waals surface area contributed by atoms with E-state index in [2.05, 4.69) is 4.99 Å². The maximum Gasteiger partial charge on any atom is 1.00 e. The van der Waals surface area contributed by atoms with E-state index >= 15 is 0 Å². The zero-order valence-corrected chi connectivity index (χ0v) is 13.7. The fraction of sp³-hybridized carbons (Fsp3) is 0.273. The van der Waals surface area contributed by atoms with Gasteiger partial charge in [-0.05, 0) is 37.4 Å². The number of carbonyl (C=O) groups is 1. The molecule has 0 aliphatic rings. The topological polar surface area (TPSA) is 107 Å². The molecule has 6 nitrogen and oxygen atoms in total. The Morgan fingerprint density at radius 2 is 2.00 bits per heavy atom. The van der Waals surface area contributed by atoms with Gasteiger partial charge in [0.1, 0.15) is 5.78 Å². The second-order valence-electron chi connectivity index (χ2n) is 3.81. The number of Topliss-reactive ketones (excluding diaryl/α,β-unsaturated/α-hetero) is 1. The third-order valence-corrected chi connectivity index (χ3v) is 3.10. The third-order valence-electron chi connectivity index (χ3n) is 2.10. The number of nitrogens with zero attached hydrogens (tertiary/aromatic N) is 1. The average Bonchev–Trinajstić information content (AvgIpc) is 2.17. The van der Waals surface area contributed by atoms with Crippen LogP contribution in [0.15, 0.2) is 28.1 Å². The fourth-order valence-corrected chi connectivity index (χ4v) is 2.08. The van der Waals surface area contributed by atoms with E-state index in [0.29, 0.717) is 5.56 Å². The number of benzene rings is 1. The summed E-state index contributed by atoms with van der Waals surface area (Å²) in [6, 6.07) is 3.94. The molecular formula is C11H12NNaO5S. The Hall–Kier alpha value is -0.730. The van der Waals surface area contributed by atoms with E-state index in [0.717, 1.165) is 6.07 Å². The second kappa shape index (κ2) is 7.16. The molecule has 0 radical (unpaired) electrons. The van der Waals surface area contributed by atoms with E-state index < -0.39 is 16.0 Å². The first-order chi connectivity index (χ1) is 8.20. The summed E-state index contributed by atoms with van der Waals surface area (Å²) in [6.07, 6.45) is -0.338. The van der Waals surface area contributed by atoms with E-state index in [9.17, 15) is 18.3 Å². The van der Waals surface area contributed by atoms with Gasteiger partial charge in [0.05, 0.1) is 10.6 Å². The summed E-state index contributed by atoms with van der Waals surface area (Å²) in [6.45, 7) is 2.76. The number of hydrogen-bond acceptors (Lipinski definition) is 5. The van der Waals surface area contributed by atoms with Gasteiger partial charge in [-0.3, -0.25) is 14.3 Å². The molecule has 0 saturated heterocycles. The van der Waals surface area contributed by atoms with Crippen LogP contribution in [-0.4, -0.2) is 24.7 Å². The predicted octanol–water partition coefficient (Wildman–Crippen LogP) is -2.38. The molecular weight excluding hydrogens is 281 g/mol. The molecule has 0 aromatic heterocycles. The fourth-order valence-electron chi connectivity index (χ4n) is 1.33. The number of ketones is 1. The van der Waals surface area contributed by atoms with Crippen LogP contribution in [0.1, 0.15) is 18.9 Å². The standard InChI is InChI=1S/C11H13NO5S.Na/c1-7-3-4-9(6-10(7)18(15,16)17)12-11(14)5-8(2)13;/h3-4,6H,5H2,1-2H3,(H,12,14)(H,15,16,17);/q;+1/p-1. The van der Waals surface area contributed by atoms with Gasteiger partial charge >= 0.3 is 29.6 Å². The van der Waals surface area contributed by atoms with E-state index in [1.165, 1.54) is 26.0 Å². The minimum Gasteiger partial charge on any atom is -0.861 e. The number of hydrogen-bond donors (Lipinski definition) is 1. The van der Waals surface area contributed by atoms with E-state index in [1.54, 1.807) is 0 Å². The molecule has 19 heavy (non-hydrogen) atoms. The summed E-state index contributed by atoms with van der Waals surface area (Å²) in [5.74, 6) is -0.987. The Labute approximate surface area is 133 Å². The van der Waals surface area contributed by atoms with Gasteiger partial charge in [0.25, 0.3) is 10.1 Å². The van der Waals surface area contributed by atoms with Gasteiger partial charge in [0.2, 0.25) is 0 Å². The number of rotatable bonds is 4. The van der Waals surface area contributed by atoms with Gasteiger partial charge in [-0.2, -0.15) is 8.42 Å². The maximum atomic E-state index is 11.3. The van der Waals surface area contributed by atoms with Gasteiger partial charge in [0, 0.05) is 6.42 Å². The minimum atomic E-state index is -4.35. The van der Waals surface area contributed by atoms with Crippen molar-refractivity contribution in [2.24, 2.45) is 4.99 Å². The van der Waals surface area contributed by atoms with Crippen LogP contribution in [0, 0.1) is 6.92 Å². The first-order valence-corrected chi connectivity index (χ1v) is 6.46. The van der Waals surface area contributed by atoms with Crippen molar-refractivity contribution in [3.05, 3.63) is 23.8 Å². The van der Waals surface area contributed by atoms with Crippen LogP contribution in [0.25, 0.3) is 0 Å². The van der Waals surface area contributed by atoms with E-state index in [1.807, 2.05) is 0 Å². The molecule has 1 aromatic rings. The van der Waals surface area contributed by atoms with Crippen LogP contribution in [-0.2, 0) is 14.9 Å². The summed E-state index contributed by atoms with van der Waals surface area (Å²) >= 11 is 0. The molecule has 0 aliphatic heterocycles. The van der Waals surface area contributed by atoms with Crippen LogP contribution < -0.4 is 34.7 Å². The number of carbonyl (C=O) groups excluding carboxylic acids is 1. The monoisotopic (exact) mass is 293 g/mol. The van der Waals surface area contributed by atoms with Gasteiger partial charge in [-0.15, -0.1) is 0 Å². The first-order valence-electron chi connectivity index (χ1n) is 5.02. The van der Waals surface area contributed by atoms with Crippen LogP contribution in [0.3, 0.4) is 0 Å². The molecule has 0 heterocycles. The smallest absolute Gasteiger partial charge is 0.861 e. The van der Waals surface area contributed by atoms with Crippen molar-refractivity contribution in [3.63, 3.8) is 0 Å². The molecule has 1 N–H and O–H groups in total. The molecule has 98 valence electrons. The van der Waals surface area contributed by atoms with Gasteiger partial charge in [-0.25, -0.2) is 0 Å². The molecule has 1 aromatic carbocycles. The SMILES string of the molecule is CC(=O)CC([O-])=Nc1ccc(C)c(S(=O)(=O)O)c1.[Na+].